The lowest BCUT2D eigenvalue weighted by atomic mass is 9.91. The van der Waals surface area contributed by atoms with Crippen LogP contribution in [0, 0.1) is 5.82 Å². The first-order valence-electron chi connectivity index (χ1n) is 5.76. The maximum atomic E-state index is 13.5. The Labute approximate surface area is 101 Å². The number of nitrogens with one attached hydrogen (secondary N) is 1. The predicted octanol–water partition coefficient (Wildman–Crippen LogP) is 3.03. The molecule has 0 amide bonds. The average molecular weight is 261 g/mol. The molecule has 1 saturated heterocycles. The molecule has 1 aromatic carbocycles. The molecule has 2 heterocycles. The highest BCUT2D eigenvalue weighted by atomic mass is 19.4. The molecule has 3 rings (SSSR count). The molecule has 18 heavy (non-hydrogen) atoms. The van der Waals surface area contributed by atoms with Gasteiger partial charge in [0.15, 0.2) is 0 Å². The largest absolute Gasteiger partial charge is 0.490 e. The lowest BCUT2D eigenvalue weighted by molar-refractivity contribution is -0.140. The standard InChI is InChI=1S/C12H11F4NO/c13-9-4-7-10-3-6(1-2-17-10)18-11(7)5-8(9)12(14,15)16/h4-6,10,17H,1-3H2/t6-,10+/m1/s1. The fourth-order valence-electron chi connectivity index (χ4n) is 2.57. The molecule has 0 spiro atoms. The van der Waals surface area contributed by atoms with Crippen molar-refractivity contribution in [2.75, 3.05) is 6.54 Å². The van der Waals surface area contributed by atoms with Crippen LogP contribution in [0.4, 0.5) is 17.6 Å². The van der Waals surface area contributed by atoms with E-state index in [1.807, 2.05) is 0 Å². The molecule has 2 aliphatic heterocycles. The molecule has 1 fully saturated rings. The van der Waals surface area contributed by atoms with Crippen LogP contribution < -0.4 is 10.1 Å². The van der Waals surface area contributed by atoms with E-state index in [1.54, 1.807) is 0 Å². The fourth-order valence-corrected chi connectivity index (χ4v) is 2.57. The monoisotopic (exact) mass is 261 g/mol. The van der Waals surface area contributed by atoms with Crippen LogP contribution in [0.5, 0.6) is 5.75 Å². The Balaban J connectivity index is 2.08. The second-order valence-electron chi connectivity index (χ2n) is 4.64. The summed E-state index contributed by atoms with van der Waals surface area (Å²) in [6, 6.07) is 1.61. The Hall–Kier alpha value is -1.30. The highest BCUT2D eigenvalue weighted by Gasteiger charge is 2.38. The molecule has 0 aliphatic carbocycles. The highest BCUT2D eigenvalue weighted by Crippen LogP contribution is 2.42. The van der Waals surface area contributed by atoms with Gasteiger partial charge in [0.05, 0.1) is 5.56 Å². The Kier molecular flexibility index (Phi) is 2.52. The molecule has 2 bridgehead atoms. The summed E-state index contributed by atoms with van der Waals surface area (Å²) >= 11 is 0. The summed E-state index contributed by atoms with van der Waals surface area (Å²) in [6.07, 6.45) is -3.33. The third-order valence-corrected chi connectivity index (χ3v) is 3.43. The first kappa shape index (κ1) is 11.8. The fraction of sp³-hybridized carbons (Fsp3) is 0.500. The second-order valence-corrected chi connectivity index (χ2v) is 4.64. The van der Waals surface area contributed by atoms with Crippen LogP contribution >= 0.6 is 0 Å². The van der Waals surface area contributed by atoms with Gasteiger partial charge in [-0.15, -0.1) is 0 Å². The molecule has 0 unspecified atom stereocenters. The van der Waals surface area contributed by atoms with Gasteiger partial charge in [0.25, 0.3) is 0 Å². The van der Waals surface area contributed by atoms with Crippen molar-refractivity contribution >= 4 is 0 Å². The van der Waals surface area contributed by atoms with E-state index in [-0.39, 0.29) is 17.9 Å². The highest BCUT2D eigenvalue weighted by molar-refractivity contribution is 5.43. The van der Waals surface area contributed by atoms with Gasteiger partial charge in [-0.3, -0.25) is 0 Å². The van der Waals surface area contributed by atoms with E-state index in [0.717, 1.165) is 25.1 Å². The number of piperidine rings is 1. The minimum absolute atomic E-state index is 0.0738. The average Bonchev–Trinajstić information content (AvgIpc) is 2.29. The molecule has 0 aromatic heterocycles. The van der Waals surface area contributed by atoms with Gasteiger partial charge in [-0.25, -0.2) is 4.39 Å². The summed E-state index contributed by atoms with van der Waals surface area (Å²) in [7, 11) is 0. The molecule has 98 valence electrons. The number of alkyl halides is 3. The van der Waals surface area contributed by atoms with Crippen LogP contribution in [0.3, 0.4) is 0 Å². The predicted molar refractivity (Wildman–Crippen MR) is 55.8 cm³/mol. The summed E-state index contributed by atoms with van der Waals surface area (Å²) in [5, 5.41) is 3.16. The van der Waals surface area contributed by atoms with Crippen molar-refractivity contribution in [2.45, 2.75) is 31.2 Å². The smallest absolute Gasteiger partial charge is 0.419 e. The maximum absolute atomic E-state index is 13.5. The summed E-state index contributed by atoms with van der Waals surface area (Å²) in [6.45, 7) is 0.734. The van der Waals surface area contributed by atoms with Crippen molar-refractivity contribution in [1.29, 1.82) is 0 Å². The van der Waals surface area contributed by atoms with Crippen molar-refractivity contribution in [3.8, 4) is 5.75 Å². The summed E-state index contributed by atoms with van der Waals surface area (Å²) < 4.78 is 56.8. The third-order valence-electron chi connectivity index (χ3n) is 3.43. The number of fused-ring (bicyclic) bond motifs is 4. The first-order valence-corrected chi connectivity index (χ1v) is 5.76. The first-order chi connectivity index (χ1) is 8.45. The summed E-state index contributed by atoms with van der Waals surface area (Å²) in [4.78, 5) is 0. The quantitative estimate of drug-likeness (QED) is 0.725. The molecular weight excluding hydrogens is 250 g/mol. The lowest BCUT2D eigenvalue weighted by Crippen LogP contribution is -2.40. The Morgan fingerprint density at radius 2 is 2.06 bits per heavy atom. The normalized spacial score (nSPS) is 26.4. The minimum atomic E-state index is -4.69. The molecule has 2 atom stereocenters. The van der Waals surface area contributed by atoms with Gasteiger partial charge in [-0.05, 0) is 25.1 Å². The van der Waals surface area contributed by atoms with Crippen molar-refractivity contribution in [3.05, 3.63) is 29.1 Å². The zero-order chi connectivity index (χ0) is 12.9. The van der Waals surface area contributed by atoms with Crippen molar-refractivity contribution in [2.24, 2.45) is 0 Å². The van der Waals surface area contributed by atoms with Gasteiger partial charge >= 0.3 is 6.18 Å². The summed E-state index contributed by atoms with van der Waals surface area (Å²) in [5.41, 5.74) is -0.780. The van der Waals surface area contributed by atoms with Crippen LogP contribution in [-0.4, -0.2) is 12.6 Å². The van der Waals surface area contributed by atoms with E-state index in [2.05, 4.69) is 5.32 Å². The topological polar surface area (TPSA) is 21.3 Å². The third kappa shape index (κ3) is 1.84. The minimum Gasteiger partial charge on any atom is -0.490 e. The molecular formula is C12H11F4NO. The number of halogens is 4. The van der Waals surface area contributed by atoms with Gasteiger partial charge in [0.1, 0.15) is 17.7 Å². The number of benzene rings is 1. The number of ether oxygens (including phenoxy) is 1. The van der Waals surface area contributed by atoms with Gasteiger partial charge in [0.2, 0.25) is 0 Å². The van der Waals surface area contributed by atoms with Crippen LogP contribution in [0.2, 0.25) is 0 Å². The molecule has 2 nitrogen and oxygen atoms in total. The van der Waals surface area contributed by atoms with E-state index < -0.39 is 17.6 Å². The van der Waals surface area contributed by atoms with Gasteiger partial charge in [0, 0.05) is 18.0 Å². The van der Waals surface area contributed by atoms with Crippen LogP contribution in [-0.2, 0) is 6.18 Å². The van der Waals surface area contributed by atoms with Crippen molar-refractivity contribution in [3.63, 3.8) is 0 Å². The Morgan fingerprint density at radius 3 is 2.78 bits per heavy atom. The molecule has 1 aromatic rings. The SMILES string of the molecule is Fc1cc2c(cc1C(F)(F)F)O[C@@H]1CCN[C@H]2C1. The summed E-state index contributed by atoms with van der Waals surface area (Å²) in [5.74, 6) is -1.09. The zero-order valence-corrected chi connectivity index (χ0v) is 9.35. The van der Waals surface area contributed by atoms with E-state index in [1.165, 1.54) is 0 Å². The van der Waals surface area contributed by atoms with Crippen LogP contribution in [0.25, 0.3) is 0 Å². The van der Waals surface area contributed by atoms with Gasteiger partial charge in [-0.2, -0.15) is 13.2 Å². The lowest BCUT2D eigenvalue weighted by Gasteiger charge is -2.37. The zero-order valence-electron chi connectivity index (χ0n) is 9.35. The van der Waals surface area contributed by atoms with E-state index in [4.69, 9.17) is 4.74 Å². The maximum Gasteiger partial charge on any atom is 0.419 e. The van der Waals surface area contributed by atoms with Gasteiger partial charge < -0.3 is 10.1 Å². The molecule has 0 radical (unpaired) electrons. The van der Waals surface area contributed by atoms with Crippen molar-refractivity contribution in [1.82, 2.24) is 5.32 Å². The number of rotatable bonds is 0. The molecule has 6 heteroatoms. The van der Waals surface area contributed by atoms with E-state index >= 15 is 0 Å². The Morgan fingerprint density at radius 1 is 1.28 bits per heavy atom. The molecule has 2 aliphatic rings. The van der Waals surface area contributed by atoms with E-state index in [0.29, 0.717) is 12.0 Å². The second kappa shape index (κ2) is 3.85. The Bertz CT molecular complexity index is 486. The number of hydrogen-bond acceptors (Lipinski definition) is 2. The molecule has 0 saturated carbocycles. The van der Waals surface area contributed by atoms with Crippen LogP contribution in [0.15, 0.2) is 12.1 Å². The number of hydrogen-bond donors (Lipinski definition) is 1. The van der Waals surface area contributed by atoms with Crippen LogP contribution in [0.1, 0.15) is 30.0 Å². The van der Waals surface area contributed by atoms with Crippen molar-refractivity contribution < 1.29 is 22.3 Å². The molecule has 1 N–H and O–H groups in total. The van der Waals surface area contributed by atoms with E-state index in [9.17, 15) is 17.6 Å². The van der Waals surface area contributed by atoms with Gasteiger partial charge in [-0.1, -0.05) is 0 Å².